The largest absolute Gasteiger partial charge is 0.489 e. The zero-order valence-electron chi connectivity index (χ0n) is 13.4. The van der Waals surface area contributed by atoms with E-state index in [1.165, 1.54) is 18.2 Å². The van der Waals surface area contributed by atoms with Gasteiger partial charge in [-0.15, -0.1) is 0 Å². The van der Waals surface area contributed by atoms with Crippen molar-refractivity contribution in [2.24, 2.45) is 0 Å². The zero-order chi connectivity index (χ0) is 16.7. The van der Waals surface area contributed by atoms with Crippen molar-refractivity contribution in [1.29, 1.82) is 0 Å². The van der Waals surface area contributed by atoms with Crippen LogP contribution in [0.25, 0.3) is 0 Å². The third-order valence-electron chi connectivity index (χ3n) is 2.94. The molecule has 1 unspecified atom stereocenters. The fourth-order valence-corrected chi connectivity index (χ4v) is 1.64. The van der Waals surface area contributed by atoms with Gasteiger partial charge in [-0.1, -0.05) is 6.92 Å². The van der Waals surface area contributed by atoms with E-state index in [1.807, 2.05) is 27.7 Å². The van der Waals surface area contributed by atoms with Gasteiger partial charge in [-0.2, -0.15) is 0 Å². The number of carbonyl (C=O) groups excluding carboxylic acids is 1. The smallest absolute Gasteiger partial charge is 0.335 e. The number of hydrogen-bond acceptors (Lipinski definition) is 4. The van der Waals surface area contributed by atoms with Crippen LogP contribution in [0.5, 0.6) is 5.75 Å². The number of ether oxygens (including phenoxy) is 2. The lowest BCUT2D eigenvalue weighted by Crippen LogP contribution is -2.22. The zero-order valence-corrected chi connectivity index (χ0v) is 13.4. The molecule has 0 aliphatic carbocycles. The molecule has 1 amide bonds. The van der Waals surface area contributed by atoms with Gasteiger partial charge in [0.2, 0.25) is 5.91 Å². The molecule has 0 aliphatic rings. The fraction of sp³-hybridized carbons (Fsp3) is 0.500. The molecule has 6 heteroatoms. The highest BCUT2D eigenvalue weighted by Gasteiger charge is 2.14. The lowest BCUT2D eigenvalue weighted by Gasteiger charge is -2.16. The van der Waals surface area contributed by atoms with Crippen molar-refractivity contribution in [2.45, 2.75) is 46.3 Å². The second-order valence-electron chi connectivity index (χ2n) is 5.26. The number of benzene rings is 1. The second kappa shape index (κ2) is 8.38. The second-order valence-corrected chi connectivity index (χ2v) is 5.26. The summed E-state index contributed by atoms with van der Waals surface area (Å²) < 4.78 is 10.9. The van der Waals surface area contributed by atoms with E-state index in [4.69, 9.17) is 14.6 Å². The Bertz CT molecular complexity index is 527. The van der Waals surface area contributed by atoms with Crippen molar-refractivity contribution >= 4 is 17.6 Å². The molecule has 122 valence electrons. The van der Waals surface area contributed by atoms with Crippen LogP contribution in [-0.2, 0) is 9.53 Å². The van der Waals surface area contributed by atoms with Crippen LogP contribution < -0.4 is 10.1 Å². The number of carboxylic acid groups (broad SMARTS) is 1. The lowest BCUT2D eigenvalue weighted by molar-refractivity contribution is -0.122. The summed E-state index contributed by atoms with van der Waals surface area (Å²) in [6.45, 7) is 7.46. The molecular formula is C16H23NO5. The monoisotopic (exact) mass is 309 g/mol. The maximum absolute atomic E-state index is 11.9. The summed E-state index contributed by atoms with van der Waals surface area (Å²) in [5.41, 5.74) is 0.403. The van der Waals surface area contributed by atoms with Crippen LogP contribution in [-0.4, -0.2) is 35.8 Å². The first-order valence-corrected chi connectivity index (χ1v) is 7.29. The molecule has 0 fully saturated rings. The number of carboxylic acids is 1. The quantitative estimate of drug-likeness (QED) is 0.771. The summed E-state index contributed by atoms with van der Waals surface area (Å²) in [5, 5.41) is 11.7. The van der Waals surface area contributed by atoms with Crippen molar-refractivity contribution in [3.63, 3.8) is 0 Å². The van der Waals surface area contributed by atoms with Crippen molar-refractivity contribution in [1.82, 2.24) is 0 Å². The summed E-state index contributed by atoms with van der Waals surface area (Å²) in [6.07, 6.45) is 0.703. The Morgan fingerprint density at radius 3 is 2.50 bits per heavy atom. The number of carbonyl (C=O) groups is 2. The van der Waals surface area contributed by atoms with Crippen molar-refractivity contribution < 1.29 is 24.2 Å². The van der Waals surface area contributed by atoms with E-state index in [-0.39, 0.29) is 30.3 Å². The molecule has 1 atom stereocenters. The van der Waals surface area contributed by atoms with Gasteiger partial charge in [-0.25, -0.2) is 4.79 Å². The van der Waals surface area contributed by atoms with Gasteiger partial charge in [0, 0.05) is 0 Å². The van der Waals surface area contributed by atoms with Crippen LogP contribution in [0, 0.1) is 0 Å². The molecular weight excluding hydrogens is 286 g/mol. The molecule has 22 heavy (non-hydrogen) atoms. The molecule has 1 aromatic rings. The first-order valence-electron chi connectivity index (χ1n) is 7.29. The molecule has 2 N–H and O–H groups in total. The number of hydrogen-bond donors (Lipinski definition) is 2. The van der Waals surface area contributed by atoms with Gasteiger partial charge in [-0.05, 0) is 45.4 Å². The molecule has 1 rings (SSSR count). The summed E-state index contributed by atoms with van der Waals surface area (Å²) in [7, 11) is 0. The molecule has 0 saturated carbocycles. The minimum absolute atomic E-state index is 0.0116. The van der Waals surface area contributed by atoms with Crippen molar-refractivity contribution in [3.8, 4) is 5.75 Å². The molecule has 1 aromatic carbocycles. The van der Waals surface area contributed by atoms with Gasteiger partial charge >= 0.3 is 5.97 Å². The Balaban J connectivity index is 2.86. The molecule has 0 radical (unpaired) electrons. The lowest BCUT2D eigenvalue weighted by atomic mass is 10.2. The summed E-state index contributed by atoms with van der Waals surface area (Å²) in [6, 6.07) is 4.35. The molecule has 0 spiro atoms. The Hall–Kier alpha value is -2.08. The average molecular weight is 309 g/mol. The van der Waals surface area contributed by atoms with Crippen LogP contribution in [0.15, 0.2) is 18.2 Å². The van der Waals surface area contributed by atoms with E-state index in [9.17, 15) is 9.59 Å². The SMILES string of the molecule is CCC(C)OCC(=O)Nc1cc(C(=O)O)ccc1OC(C)C. The summed E-state index contributed by atoms with van der Waals surface area (Å²) in [4.78, 5) is 23.0. The Labute approximate surface area is 130 Å². The van der Waals surface area contributed by atoms with Crippen LogP contribution in [0.1, 0.15) is 44.5 Å². The average Bonchev–Trinajstić information content (AvgIpc) is 2.45. The van der Waals surface area contributed by atoms with Crippen LogP contribution >= 0.6 is 0 Å². The predicted octanol–water partition coefficient (Wildman–Crippen LogP) is 2.93. The van der Waals surface area contributed by atoms with Crippen LogP contribution in [0.3, 0.4) is 0 Å². The minimum Gasteiger partial charge on any atom is -0.489 e. The highest BCUT2D eigenvalue weighted by Crippen LogP contribution is 2.27. The van der Waals surface area contributed by atoms with Gasteiger partial charge < -0.3 is 19.9 Å². The predicted molar refractivity (Wildman–Crippen MR) is 83.5 cm³/mol. The third-order valence-corrected chi connectivity index (χ3v) is 2.94. The van der Waals surface area contributed by atoms with E-state index in [0.29, 0.717) is 11.4 Å². The summed E-state index contributed by atoms with van der Waals surface area (Å²) in [5.74, 6) is -0.990. The van der Waals surface area contributed by atoms with Gasteiger partial charge in [0.1, 0.15) is 12.4 Å². The normalized spacial score (nSPS) is 12.0. The Morgan fingerprint density at radius 2 is 1.95 bits per heavy atom. The number of aromatic carboxylic acids is 1. The Morgan fingerprint density at radius 1 is 1.27 bits per heavy atom. The third kappa shape index (κ3) is 5.73. The van der Waals surface area contributed by atoms with E-state index >= 15 is 0 Å². The first-order chi connectivity index (χ1) is 10.3. The van der Waals surface area contributed by atoms with E-state index < -0.39 is 5.97 Å². The van der Waals surface area contributed by atoms with E-state index in [0.717, 1.165) is 6.42 Å². The maximum Gasteiger partial charge on any atom is 0.335 e. The van der Waals surface area contributed by atoms with E-state index in [1.54, 1.807) is 0 Å². The van der Waals surface area contributed by atoms with Gasteiger partial charge in [-0.3, -0.25) is 4.79 Å². The highest BCUT2D eigenvalue weighted by molar-refractivity contribution is 5.96. The number of amides is 1. The van der Waals surface area contributed by atoms with Crippen LogP contribution in [0.4, 0.5) is 5.69 Å². The van der Waals surface area contributed by atoms with E-state index in [2.05, 4.69) is 5.32 Å². The molecule has 0 aliphatic heterocycles. The molecule has 0 aromatic heterocycles. The first kappa shape index (κ1) is 18.0. The van der Waals surface area contributed by atoms with Gasteiger partial charge in [0.05, 0.1) is 23.5 Å². The topological polar surface area (TPSA) is 84.9 Å². The molecule has 0 saturated heterocycles. The van der Waals surface area contributed by atoms with Gasteiger partial charge in [0.25, 0.3) is 0 Å². The highest BCUT2D eigenvalue weighted by atomic mass is 16.5. The molecule has 6 nitrogen and oxygen atoms in total. The number of anilines is 1. The molecule has 0 heterocycles. The summed E-state index contributed by atoms with van der Waals surface area (Å²) >= 11 is 0. The number of nitrogens with one attached hydrogen (secondary N) is 1. The van der Waals surface area contributed by atoms with Crippen molar-refractivity contribution in [2.75, 3.05) is 11.9 Å². The maximum atomic E-state index is 11.9. The fourth-order valence-electron chi connectivity index (χ4n) is 1.64. The van der Waals surface area contributed by atoms with Crippen LogP contribution in [0.2, 0.25) is 0 Å². The number of rotatable bonds is 8. The Kier molecular flexibility index (Phi) is 6.85. The minimum atomic E-state index is -1.07. The molecule has 0 bridgehead atoms. The van der Waals surface area contributed by atoms with Crippen molar-refractivity contribution in [3.05, 3.63) is 23.8 Å². The van der Waals surface area contributed by atoms with Gasteiger partial charge in [0.15, 0.2) is 0 Å². The standard InChI is InChI=1S/C16H23NO5/c1-5-11(4)21-9-15(18)17-13-8-12(16(19)20)6-7-14(13)22-10(2)3/h6-8,10-11H,5,9H2,1-4H3,(H,17,18)(H,19,20).